The Labute approximate surface area is 137 Å². The number of hydrogen-bond acceptors (Lipinski definition) is 3. The van der Waals surface area contributed by atoms with Gasteiger partial charge in [-0.1, -0.05) is 71.1 Å². The van der Waals surface area contributed by atoms with Crippen LogP contribution in [0, 0.1) is 5.92 Å². The fourth-order valence-corrected chi connectivity index (χ4v) is 2.56. The van der Waals surface area contributed by atoms with E-state index in [0.29, 0.717) is 19.1 Å². The Hall–Kier alpha value is -0.570. The lowest BCUT2D eigenvalue weighted by Crippen LogP contribution is -2.14. The number of rotatable bonds is 16. The molecule has 0 aromatic rings. The first-order chi connectivity index (χ1) is 10.8. The van der Waals surface area contributed by atoms with E-state index in [9.17, 15) is 4.79 Å². The van der Waals surface area contributed by atoms with Gasteiger partial charge in [-0.2, -0.15) is 0 Å². The first-order valence-corrected chi connectivity index (χ1v) is 9.56. The van der Waals surface area contributed by atoms with Crippen LogP contribution in [0.4, 0.5) is 0 Å². The summed E-state index contributed by atoms with van der Waals surface area (Å²) in [7, 11) is 0. The number of carbonyl (C=O) groups is 1. The largest absolute Gasteiger partial charge is 0.464 e. The van der Waals surface area contributed by atoms with Gasteiger partial charge in [0, 0.05) is 6.61 Å². The molecule has 0 saturated heterocycles. The minimum atomic E-state index is -0.199. The molecule has 0 spiro atoms. The Morgan fingerprint density at radius 1 is 0.864 bits per heavy atom. The highest BCUT2D eigenvalue weighted by atomic mass is 16.6. The van der Waals surface area contributed by atoms with E-state index in [-0.39, 0.29) is 12.6 Å². The van der Waals surface area contributed by atoms with E-state index in [1.54, 1.807) is 0 Å². The van der Waals surface area contributed by atoms with E-state index < -0.39 is 0 Å². The molecular weight excluding hydrogens is 276 g/mol. The van der Waals surface area contributed by atoms with Crippen molar-refractivity contribution in [3.05, 3.63) is 0 Å². The predicted octanol–water partition coefficient (Wildman–Crippen LogP) is 5.27. The average Bonchev–Trinajstić information content (AvgIpc) is 3.34. The van der Waals surface area contributed by atoms with Crippen molar-refractivity contribution in [2.24, 2.45) is 5.92 Å². The summed E-state index contributed by atoms with van der Waals surface area (Å²) in [6.45, 7) is 3.68. The van der Waals surface area contributed by atoms with Crippen LogP contribution < -0.4 is 0 Å². The maximum absolute atomic E-state index is 11.3. The minimum Gasteiger partial charge on any atom is -0.464 e. The molecule has 0 amide bonds. The molecule has 0 aromatic carbocycles. The van der Waals surface area contributed by atoms with Crippen molar-refractivity contribution in [1.82, 2.24) is 0 Å². The fourth-order valence-electron chi connectivity index (χ4n) is 2.56. The van der Waals surface area contributed by atoms with Gasteiger partial charge in [0.2, 0.25) is 0 Å². The third kappa shape index (κ3) is 13.1. The summed E-state index contributed by atoms with van der Waals surface area (Å²) >= 11 is 0. The molecular formula is C19H36O3. The van der Waals surface area contributed by atoms with Gasteiger partial charge in [0.15, 0.2) is 0 Å². The smallest absolute Gasteiger partial charge is 0.332 e. The van der Waals surface area contributed by atoms with Crippen molar-refractivity contribution in [3.8, 4) is 0 Å². The molecule has 1 aliphatic rings. The highest BCUT2D eigenvalue weighted by molar-refractivity contribution is 5.70. The van der Waals surface area contributed by atoms with Gasteiger partial charge in [-0.05, 0) is 25.2 Å². The predicted molar refractivity (Wildman–Crippen MR) is 91.0 cm³/mol. The van der Waals surface area contributed by atoms with Crippen molar-refractivity contribution in [1.29, 1.82) is 0 Å². The number of ether oxygens (including phenoxy) is 2. The maximum atomic E-state index is 11.3. The summed E-state index contributed by atoms with van der Waals surface area (Å²) in [6, 6.07) is 0. The summed E-state index contributed by atoms with van der Waals surface area (Å²) < 4.78 is 10.5. The third-order valence-corrected chi connectivity index (χ3v) is 4.29. The average molecular weight is 312 g/mol. The van der Waals surface area contributed by atoms with Crippen LogP contribution in [-0.2, 0) is 14.3 Å². The molecule has 0 radical (unpaired) electrons. The van der Waals surface area contributed by atoms with Crippen LogP contribution >= 0.6 is 0 Å². The summed E-state index contributed by atoms with van der Waals surface area (Å²) in [5, 5.41) is 0. The second-order valence-electron chi connectivity index (χ2n) is 6.71. The summed E-state index contributed by atoms with van der Waals surface area (Å²) in [6.07, 6.45) is 17.1. The van der Waals surface area contributed by atoms with Gasteiger partial charge in [0.05, 0.1) is 6.61 Å². The molecule has 3 nitrogen and oxygen atoms in total. The number of esters is 1. The van der Waals surface area contributed by atoms with E-state index in [1.807, 2.05) is 0 Å². The summed E-state index contributed by atoms with van der Waals surface area (Å²) in [4.78, 5) is 11.3. The molecule has 22 heavy (non-hydrogen) atoms. The molecule has 0 heterocycles. The van der Waals surface area contributed by atoms with Gasteiger partial charge >= 0.3 is 5.97 Å². The lowest BCUT2D eigenvalue weighted by Gasteiger charge is -2.05. The van der Waals surface area contributed by atoms with E-state index in [1.165, 1.54) is 77.0 Å². The second-order valence-corrected chi connectivity index (χ2v) is 6.71. The SMILES string of the molecule is CCCCCCCCCCCCCOCC(=O)OCC1CC1. The third-order valence-electron chi connectivity index (χ3n) is 4.29. The molecule has 1 rings (SSSR count). The molecule has 1 saturated carbocycles. The standard InChI is InChI=1S/C19H36O3/c1-2-3-4-5-6-7-8-9-10-11-12-15-21-17-19(20)22-16-18-13-14-18/h18H,2-17H2,1H3. The molecule has 0 aliphatic heterocycles. The molecule has 0 aromatic heterocycles. The van der Waals surface area contributed by atoms with Gasteiger partial charge < -0.3 is 9.47 Å². The van der Waals surface area contributed by atoms with Gasteiger partial charge in [0.25, 0.3) is 0 Å². The zero-order chi connectivity index (χ0) is 15.9. The normalized spacial score (nSPS) is 14.2. The molecule has 0 bridgehead atoms. The molecule has 0 unspecified atom stereocenters. The topological polar surface area (TPSA) is 35.5 Å². The van der Waals surface area contributed by atoms with Crippen LogP contribution in [0.1, 0.15) is 90.4 Å². The van der Waals surface area contributed by atoms with Crippen molar-refractivity contribution in [2.45, 2.75) is 90.4 Å². The quantitative estimate of drug-likeness (QED) is 0.288. The van der Waals surface area contributed by atoms with Crippen LogP contribution in [0.25, 0.3) is 0 Å². The lowest BCUT2D eigenvalue weighted by atomic mass is 10.1. The van der Waals surface area contributed by atoms with Crippen LogP contribution in [0.5, 0.6) is 0 Å². The van der Waals surface area contributed by atoms with Gasteiger partial charge in [-0.25, -0.2) is 4.79 Å². The highest BCUT2D eigenvalue weighted by Gasteiger charge is 2.22. The van der Waals surface area contributed by atoms with Gasteiger partial charge in [0.1, 0.15) is 6.61 Å². The first-order valence-electron chi connectivity index (χ1n) is 9.56. The van der Waals surface area contributed by atoms with Crippen molar-refractivity contribution >= 4 is 5.97 Å². The monoisotopic (exact) mass is 312 g/mol. The highest BCUT2D eigenvalue weighted by Crippen LogP contribution is 2.28. The number of hydrogen-bond donors (Lipinski definition) is 0. The van der Waals surface area contributed by atoms with Gasteiger partial charge in [-0.15, -0.1) is 0 Å². The summed E-state index contributed by atoms with van der Waals surface area (Å²) in [5.74, 6) is 0.436. The van der Waals surface area contributed by atoms with Crippen molar-refractivity contribution in [3.63, 3.8) is 0 Å². The first kappa shape index (κ1) is 19.5. The Morgan fingerprint density at radius 2 is 1.41 bits per heavy atom. The van der Waals surface area contributed by atoms with Crippen LogP contribution in [0.2, 0.25) is 0 Å². The van der Waals surface area contributed by atoms with Crippen LogP contribution in [0.15, 0.2) is 0 Å². The van der Waals surface area contributed by atoms with Crippen LogP contribution in [0.3, 0.4) is 0 Å². The van der Waals surface area contributed by atoms with Crippen molar-refractivity contribution < 1.29 is 14.3 Å². The Bertz CT molecular complexity index is 261. The molecule has 130 valence electrons. The summed E-state index contributed by atoms with van der Waals surface area (Å²) in [5.41, 5.74) is 0. The molecule has 0 N–H and O–H groups in total. The Kier molecular flexibility index (Phi) is 12.4. The maximum Gasteiger partial charge on any atom is 0.332 e. The molecule has 1 aliphatic carbocycles. The van der Waals surface area contributed by atoms with E-state index in [2.05, 4.69) is 6.92 Å². The second kappa shape index (κ2) is 14.0. The molecule has 0 atom stereocenters. The fraction of sp³-hybridized carbons (Fsp3) is 0.947. The Balaban J connectivity index is 1.68. The lowest BCUT2D eigenvalue weighted by molar-refractivity contribution is -0.149. The van der Waals surface area contributed by atoms with Gasteiger partial charge in [-0.3, -0.25) is 0 Å². The zero-order valence-corrected chi connectivity index (χ0v) is 14.6. The number of carbonyl (C=O) groups excluding carboxylic acids is 1. The van der Waals surface area contributed by atoms with E-state index >= 15 is 0 Å². The van der Waals surface area contributed by atoms with E-state index in [4.69, 9.17) is 9.47 Å². The minimum absolute atomic E-state index is 0.129. The number of unbranched alkanes of at least 4 members (excludes halogenated alkanes) is 10. The van der Waals surface area contributed by atoms with Crippen molar-refractivity contribution in [2.75, 3.05) is 19.8 Å². The van der Waals surface area contributed by atoms with Crippen LogP contribution in [-0.4, -0.2) is 25.8 Å². The zero-order valence-electron chi connectivity index (χ0n) is 14.6. The molecule has 1 fully saturated rings. The molecule has 3 heteroatoms. The Morgan fingerprint density at radius 3 is 1.95 bits per heavy atom. The van der Waals surface area contributed by atoms with E-state index in [0.717, 1.165) is 6.42 Å².